The largest absolute Gasteiger partial charge is 0.0654 e. The quantitative estimate of drug-likeness (QED) is 0.217. The molecule has 138 valence electrons. The molecule has 5 aromatic carbocycles. The van der Waals surface area contributed by atoms with Crippen molar-refractivity contribution in [2.24, 2.45) is 0 Å². The van der Waals surface area contributed by atoms with Crippen molar-refractivity contribution in [1.29, 1.82) is 0 Å². The molecule has 0 heteroatoms. The monoisotopic (exact) mass is 362 g/mol. The van der Waals surface area contributed by atoms with E-state index in [-0.39, 0.29) is 0 Å². The molecule has 0 nitrogen and oxygen atoms in total. The molecule has 0 atom stereocenters. The molecule has 0 saturated heterocycles. The number of aryl methyl sites for hydroxylation is 1. The van der Waals surface area contributed by atoms with Crippen molar-refractivity contribution in [2.45, 2.75) is 39.0 Å². The first-order chi connectivity index (χ1) is 13.8. The van der Waals surface area contributed by atoms with E-state index in [1.54, 1.807) is 0 Å². The van der Waals surface area contributed by atoms with E-state index in [9.17, 15) is 0 Å². The number of fused-ring (bicyclic) bond motifs is 4. The van der Waals surface area contributed by atoms with Crippen LogP contribution in [0.1, 0.15) is 38.2 Å². The fourth-order valence-corrected chi connectivity index (χ4v) is 4.59. The summed E-state index contributed by atoms with van der Waals surface area (Å²) in [6, 6.07) is 29.4. The molecule has 0 heterocycles. The van der Waals surface area contributed by atoms with Crippen LogP contribution < -0.4 is 0 Å². The molecular weight excluding hydrogens is 336 g/mol. The standard InChI is InChI=1S/C28H26/c1-2-3-4-5-14-26-27-18-22-12-8-6-10-20(22)15-24(27)17-25-16-21-11-7-9-13-23(21)19-28(25)26/h6-13,15-19H,2-5,14H2,1H3. The van der Waals surface area contributed by atoms with Gasteiger partial charge in [0.25, 0.3) is 0 Å². The number of hydrogen-bond donors (Lipinski definition) is 0. The summed E-state index contributed by atoms with van der Waals surface area (Å²) in [6.45, 7) is 2.28. The third-order valence-electron chi connectivity index (χ3n) is 6.08. The van der Waals surface area contributed by atoms with Gasteiger partial charge in [-0.1, -0.05) is 74.7 Å². The van der Waals surface area contributed by atoms with Crippen LogP contribution in [-0.4, -0.2) is 0 Å². The lowest BCUT2D eigenvalue weighted by molar-refractivity contribution is 0.669. The lowest BCUT2D eigenvalue weighted by Crippen LogP contribution is -1.92. The highest BCUT2D eigenvalue weighted by Gasteiger charge is 2.10. The smallest absolute Gasteiger partial charge is 0.0139 e. The summed E-state index contributed by atoms with van der Waals surface area (Å²) >= 11 is 0. The zero-order chi connectivity index (χ0) is 18.9. The Labute approximate surface area is 166 Å². The van der Waals surface area contributed by atoms with Gasteiger partial charge in [-0.25, -0.2) is 0 Å². The molecule has 0 spiro atoms. The molecule has 0 bridgehead atoms. The molecule has 0 aliphatic heterocycles. The van der Waals surface area contributed by atoms with E-state index in [1.807, 2.05) is 0 Å². The van der Waals surface area contributed by atoms with E-state index in [4.69, 9.17) is 0 Å². The Kier molecular flexibility index (Phi) is 4.49. The third kappa shape index (κ3) is 3.03. The van der Waals surface area contributed by atoms with Crippen LogP contribution in [0, 0.1) is 0 Å². The van der Waals surface area contributed by atoms with Crippen molar-refractivity contribution in [1.82, 2.24) is 0 Å². The zero-order valence-electron chi connectivity index (χ0n) is 16.5. The van der Waals surface area contributed by atoms with Gasteiger partial charge in [-0.3, -0.25) is 0 Å². The Balaban J connectivity index is 1.80. The summed E-state index contributed by atoms with van der Waals surface area (Å²) in [5.41, 5.74) is 1.53. The summed E-state index contributed by atoms with van der Waals surface area (Å²) in [5, 5.41) is 10.9. The molecule has 0 aromatic heterocycles. The van der Waals surface area contributed by atoms with Crippen molar-refractivity contribution in [3.63, 3.8) is 0 Å². The van der Waals surface area contributed by atoms with Gasteiger partial charge in [0, 0.05) is 0 Å². The van der Waals surface area contributed by atoms with Gasteiger partial charge in [0.05, 0.1) is 0 Å². The molecule has 0 saturated carbocycles. The second-order valence-electron chi connectivity index (χ2n) is 8.01. The lowest BCUT2D eigenvalue weighted by atomic mass is 9.90. The molecule has 0 unspecified atom stereocenters. The van der Waals surface area contributed by atoms with Crippen LogP contribution in [0.2, 0.25) is 0 Å². The van der Waals surface area contributed by atoms with Gasteiger partial charge in [-0.2, -0.15) is 0 Å². The zero-order valence-corrected chi connectivity index (χ0v) is 16.5. The number of rotatable bonds is 5. The molecule has 5 aromatic rings. The highest BCUT2D eigenvalue weighted by Crippen LogP contribution is 2.35. The van der Waals surface area contributed by atoms with Crippen LogP contribution in [-0.2, 0) is 6.42 Å². The van der Waals surface area contributed by atoms with Gasteiger partial charge in [0.15, 0.2) is 0 Å². The van der Waals surface area contributed by atoms with E-state index in [0.717, 1.165) is 6.42 Å². The van der Waals surface area contributed by atoms with Crippen LogP contribution in [0.4, 0.5) is 0 Å². The van der Waals surface area contributed by atoms with E-state index >= 15 is 0 Å². The fourth-order valence-electron chi connectivity index (χ4n) is 4.59. The highest BCUT2D eigenvalue weighted by molar-refractivity contribution is 6.10. The molecule has 0 fully saturated rings. The predicted molar refractivity (Wildman–Crippen MR) is 124 cm³/mol. The van der Waals surface area contributed by atoms with Crippen molar-refractivity contribution in [3.8, 4) is 0 Å². The number of hydrogen-bond acceptors (Lipinski definition) is 0. The van der Waals surface area contributed by atoms with Gasteiger partial charge < -0.3 is 0 Å². The SMILES string of the molecule is CCCCCCc1c2cc3ccccc3cc2cc2cc3ccccc3cc12. The predicted octanol–water partition coefficient (Wildman–Crippen LogP) is 8.42. The summed E-state index contributed by atoms with van der Waals surface area (Å²) in [4.78, 5) is 0. The Hall–Kier alpha value is -2.86. The summed E-state index contributed by atoms with van der Waals surface area (Å²) in [6.07, 6.45) is 6.35. The van der Waals surface area contributed by atoms with Crippen LogP contribution in [0.25, 0.3) is 43.1 Å². The van der Waals surface area contributed by atoms with Crippen LogP contribution in [0.3, 0.4) is 0 Å². The minimum absolute atomic E-state index is 1.16. The molecule has 0 aliphatic carbocycles. The van der Waals surface area contributed by atoms with Gasteiger partial charge in [0.2, 0.25) is 0 Å². The summed E-state index contributed by atoms with van der Waals surface area (Å²) < 4.78 is 0. The first-order valence-corrected chi connectivity index (χ1v) is 10.6. The average molecular weight is 363 g/mol. The third-order valence-corrected chi connectivity index (χ3v) is 6.08. The Bertz CT molecular complexity index is 1200. The van der Waals surface area contributed by atoms with Crippen molar-refractivity contribution in [2.75, 3.05) is 0 Å². The number of unbranched alkanes of at least 4 members (excludes halogenated alkanes) is 3. The van der Waals surface area contributed by atoms with Gasteiger partial charge in [0.1, 0.15) is 0 Å². The number of benzene rings is 5. The highest BCUT2D eigenvalue weighted by atomic mass is 14.1. The maximum atomic E-state index is 2.41. The average Bonchev–Trinajstić information content (AvgIpc) is 2.73. The minimum atomic E-state index is 1.16. The van der Waals surface area contributed by atoms with Crippen LogP contribution in [0.15, 0.2) is 78.9 Å². The second-order valence-corrected chi connectivity index (χ2v) is 8.01. The first kappa shape index (κ1) is 17.3. The Morgan fingerprint density at radius 1 is 0.500 bits per heavy atom. The van der Waals surface area contributed by atoms with Gasteiger partial charge in [-0.15, -0.1) is 0 Å². The molecule has 0 amide bonds. The topological polar surface area (TPSA) is 0 Å². The van der Waals surface area contributed by atoms with E-state index in [1.165, 1.54) is 74.3 Å². The maximum absolute atomic E-state index is 2.41. The Morgan fingerprint density at radius 3 is 1.46 bits per heavy atom. The van der Waals surface area contributed by atoms with E-state index in [2.05, 4.69) is 85.8 Å². The lowest BCUT2D eigenvalue weighted by Gasteiger charge is -2.14. The summed E-state index contributed by atoms with van der Waals surface area (Å²) in [5.74, 6) is 0. The fraction of sp³-hybridized carbons (Fsp3) is 0.214. The van der Waals surface area contributed by atoms with Crippen LogP contribution >= 0.6 is 0 Å². The minimum Gasteiger partial charge on any atom is -0.0654 e. The second kappa shape index (κ2) is 7.28. The first-order valence-electron chi connectivity index (χ1n) is 10.6. The van der Waals surface area contributed by atoms with Gasteiger partial charge in [-0.05, 0) is 91.8 Å². The van der Waals surface area contributed by atoms with E-state index in [0.29, 0.717) is 0 Å². The Morgan fingerprint density at radius 2 is 0.964 bits per heavy atom. The van der Waals surface area contributed by atoms with E-state index < -0.39 is 0 Å². The molecule has 28 heavy (non-hydrogen) atoms. The normalized spacial score (nSPS) is 11.8. The van der Waals surface area contributed by atoms with Crippen molar-refractivity contribution < 1.29 is 0 Å². The summed E-state index contributed by atoms with van der Waals surface area (Å²) in [7, 11) is 0. The molecule has 5 rings (SSSR count). The van der Waals surface area contributed by atoms with Crippen LogP contribution in [0.5, 0.6) is 0 Å². The van der Waals surface area contributed by atoms with Gasteiger partial charge >= 0.3 is 0 Å². The molecule has 0 N–H and O–H groups in total. The van der Waals surface area contributed by atoms with Crippen molar-refractivity contribution in [3.05, 3.63) is 84.4 Å². The molecule has 0 aliphatic rings. The molecular formula is C28H26. The maximum Gasteiger partial charge on any atom is -0.0139 e. The van der Waals surface area contributed by atoms with Crippen molar-refractivity contribution >= 4 is 43.1 Å². The molecule has 0 radical (unpaired) electrons.